The van der Waals surface area contributed by atoms with Crippen LogP contribution in [0.15, 0.2) is 65.4 Å². The molecule has 22 heavy (non-hydrogen) atoms. The first-order valence-corrected chi connectivity index (χ1v) is 7.54. The molecule has 3 aromatic rings. The minimum atomic E-state index is -0.466. The van der Waals surface area contributed by atoms with E-state index >= 15 is 0 Å². The molecule has 0 fully saturated rings. The van der Waals surface area contributed by atoms with Crippen LogP contribution >= 0.6 is 15.9 Å². The molecule has 2 aromatic carbocycles. The number of aromatic nitrogens is 1. The number of carbonyl (C=O) groups excluding carboxylic acids is 1. The normalized spacial score (nSPS) is 10.6. The van der Waals surface area contributed by atoms with Crippen molar-refractivity contribution >= 4 is 38.3 Å². The molecule has 0 atom stereocenters. The van der Waals surface area contributed by atoms with Crippen molar-refractivity contribution < 1.29 is 13.8 Å². The van der Waals surface area contributed by atoms with E-state index in [-0.39, 0.29) is 18.1 Å². The van der Waals surface area contributed by atoms with E-state index in [1.54, 1.807) is 10.6 Å². The molecule has 0 bridgehead atoms. The van der Waals surface area contributed by atoms with Crippen LogP contribution in [0, 0.1) is 5.82 Å². The van der Waals surface area contributed by atoms with Crippen LogP contribution in [-0.2, 0) is 11.3 Å². The molecule has 1 N–H and O–H groups in total. The number of nitrogens with zero attached hydrogens (tertiary/aromatic N) is 1. The number of anilines is 1. The van der Waals surface area contributed by atoms with Gasteiger partial charge in [0.05, 0.1) is 5.69 Å². The molecule has 1 amide bonds. The van der Waals surface area contributed by atoms with Gasteiger partial charge >= 0.3 is 0 Å². The van der Waals surface area contributed by atoms with Crippen LogP contribution in [0.5, 0.6) is 0 Å². The zero-order valence-electron chi connectivity index (χ0n) is 11.6. The number of benzene rings is 2. The van der Waals surface area contributed by atoms with Crippen LogP contribution in [0.25, 0.3) is 10.8 Å². The molecule has 0 spiro atoms. The van der Waals surface area contributed by atoms with E-state index in [1.807, 2.05) is 42.7 Å². The predicted octanol–water partition coefficient (Wildman–Crippen LogP) is 3.67. The Bertz CT molecular complexity index is 851. The van der Waals surface area contributed by atoms with Gasteiger partial charge in [-0.15, -0.1) is 0 Å². The van der Waals surface area contributed by atoms with Gasteiger partial charge in [-0.2, -0.15) is 4.57 Å². The predicted molar refractivity (Wildman–Crippen MR) is 86.9 cm³/mol. The molecule has 0 aliphatic heterocycles. The summed E-state index contributed by atoms with van der Waals surface area (Å²) >= 11 is 3.18. The van der Waals surface area contributed by atoms with E-state index in [4.69, 9.17) is 0 Å². The zero-order chi connectivity index (χ0) is 15.5. The summed E-state index contributed by atoms with van der Waals surface area (Å²) in [6.07, 6.45) is 3.73. The summed E-state index contributed by atoms with van der Waals surface area (Å²) in [6.45, 7) is 0.125. The molecule has 0 radical (unpaired) electrons. The smallest absolute Gasteiger partial charge is 0.290 e. The monoisotopic (exact) mass is 359 g/mol. The van der Waals surface area contributed by atoms with Gasteiger partial charge in [-0.1, -0.05) is 34.1 Å². The van der Waals surface area contributed by atoms with E-state index < -0.39 is 5.82 Å². The number of pyridine rings is 1. The lowest BCUT2D eigenvalue weighted by atomic mass is 10.2. The standard InChI is InChI=1S/C17H12BrFN2O/c18-14-5-6-16(15(19)9-14)20-17(22)11-21-8-7-12-3-1-2-4-13(12)10-21/h1-10H,11H2/p+1. The van der Waals surface area contributed by atoms with Gasteiger partial charge in [0.15, 0.2) is 12.4 Å². The van der Waals surface area contributed by atoms with Crippen LogP contribution in [0.4, 0.5) is 10.1 Å². The number of hydrogen-bond acceptors (Lipinski definition) is 1. The number of amides is 1. The first-order valence-electron chi connectivity index (χ1n) is 6.74. The van der Waals surface area contributed by atoms with Crippen molar-refractivity contribution in [3.05, 3.63) is 71.2 Å². The summed E-state index contributed by atoms with van der Waals surface area (Å²) in [6, 6.07) is 14.4. The summed E-state index contributed by atoms with van der Waals surface area (Å²) in [4.78, 5) is 12.0. The van der Waals surface area contributed by atoms with Crippen LogP contribution in [0.1, 0.15) is 0 Å². The molecule has 0 saturated heterocycles. The number of carbonyl (C=O) groups is 1. The van der Waals surface area contributed by atoms with Crippen LogP contribution < -0.4 is 9.88 Å². The fourth-order valence-electron chi connectivity index (χ4n) is 2.22. The van der Waals surface area contributed by atoms with Gasteiger partial charge in [-0.25, -0.2) is 4.39 Å². The maximum atomic E-state index is 13.7. The van der Waals surface area contributed by atoms with Gasteiger partial charge in [0.1, 0.15) is 5.82 Å². The number of halogens is 2. The van der Waals surface area contributed by atoms with Crippen molar-refractivity contribution in [1.29, 1.82) is 0 Å². The summed E-state index contributed by atoms with van der Waals surface area (Å²) in [5.41, 5.74) is 0.176. The fraction of sp³-hybridized carbons (Fsp3) is 0.0588. The van der Waals surface area contributed by atoms with Crippen molar-refractivity contribution in [3.63, 3.8) is 0 Å². The Hall–Kier alpha value is -2.27. The first kappa shape index (κ1) is 14.7. The maximum Gasteiger partial charge on any atom is 0.290 e. The molecule has 5 heteroatoms. The minimum absolute atomic E-state index is 0.125. The Kier molecular flexibility index (Phi) is 4.15. The van der Waals surface area contributed by atoms with Gasteiger partial charge in [-0.05, 0) is 29.7 Å². The molecule has 1 aromatic heterocycles. The lowest BCUT2D eigenvalue weighted by Crippen LogP contribution is -2.39. The highest BCUT2D eigenvalue weighted by Gasteiger charge is 2.12. The Morgan fingerprint density at radius 1 is 1.14 bits per heavy atom. The Morgan fingerprint density at radius 3 is 2.68 bits per heavy atom. The molecule has 1 heterocycles. The second kappa shape index (κ2) is 6.23. The highest BCUT2D eigenvalue weighted by molar-refractivity contribution is 9.10. The molecular formula is C17H13BrFN2O+. The number of fused-ring (bicyclic) bond motifs is 1. The fourth-order valence-corrected chi connectivity index (χ4v) is 2.56. The second-order valence-corrected chi connectivity index (χ2v) is 5.83. The van der Waals surface area contributed by atoms with Gasteiger partial charge in [0.2, 0.25) is 6.54 Å². The SMILES string of the molecule is O=C(C[n+]1ccc2ccccc2c1)Nc1ccc(Br)cc1F. The van der Waals surface area contributed by atoms with Crippen molar-refractivity contribution in [1.82, 2.24) is 0 Å². The molecule has 3 nitrogen and oxygen atoms in total. The highest BCUT2D eigenvalue weighted by Crippen LogP contribution is 2.19. The summed E-state index contributed by atoms with van der Waals surface area (Å²) in [5.74, 6) is -0.743. The molecule has 110 valence electrons. The molecular weight excluding hydrogens is 347 g/mol. The maximum absolute atomic E-state index is 13.7. The molecule has 0 saturated carbocycles. The molecule has 0 unspecified atom stereocenters. The largest absolute Gasteiger partial charge is 0.318 e. The lowest BCUT2D eigenvalue weighted by Gasteiger charge is -2.05. The van der Waals surface area contributed by atoms with Crippen molar-refractivity contribution in [2.24, 2.45) is 0 Å². The van der Waals surface area contributed by atoms with Crippen LogP contribution in [0.2, 0.25) is 0 Å². The Labute approximate surface area is 135 Å². The van der Waals surface area contributed by atoms with E-state index in [1.165, 1.54) is 12.1 Å². The van der Waals surface area contributed by atoms with Crippen molar-refractivity contribution in [2.75, 3.05) is 5.32 Å². The van der Waals surface area contributed by atoms with Gasteiger partial charge < -0.3 is 5.32 Å². The third kappa shape index (κ3) is 3.31. The lowest BCUT2D eigenvalue weighted by molar-refractivity contribution is -0.682. The summed E-state index contributed by atoms with van der Waals surface area (Å²) in [7, 11) is 0. The molecule has 3 rings (SSSR count). The van der Waals surface area contributed by atoms with Crippen molar-refractivity contribution in [3.8, 4) is 0 Å². The number of nitrogens with one attached hydrogen (secondary N) is 1. The minimum Gasteiger partial charge on any atom is -0.318 e. The Balaban J connectivity index is 1.75. The van der Waals surface area contributed by atoms with Gasteiger partial charge in [-0.3, -0.25) is 4.79 Å². The number of rotatable bonds is 3. The highest BCUT2D eigenvalue weighted by atomic mass is 79.9. The molecule has 0 aliphatic carbocycles. The third-order valence-electron chi connectivity index (χ3n) is 3.28. The average Bonchev–Trinajstić information content (AvgIpc) is 2.50. The van der Waals surface area contributed by atoms with Crippen LogP contribution in [0.3, 0.4) is 0 Å². The first-order chi connectivity index (χ1) is 10.6. The van der Waals surface area contributed by atoms with Crippen molar-refractivity contribution in [2.45, 2.75) is 6.54 Å². The quantitative estimate of drug-likeness (QED) is 0.711. The van der Waals surface area contributed by atoms with Gasteiger partial charge in [0.25, 0.3) is 5.91 Å². The van der Waals surface area contributed by atoms with E-state index in [0.717, 1.165) is 10.8 Å². The number of hydrogen-bond donors (Lipinski definition) is 1. The summed E-state index contributed by atoms with van der Waals surface area (Å²) < 4.78 is 16.1. The van der Waals surface area contributed by atoms with E-state index in [0.29, 0.717) is 4.47 Å². The van der Waals surface area contributed by atoms with Crippen LogP contribution in [-0.4, -0.2) is 5.91 Å². The van der Waals surface area contributed by atoms with Gasteiger partial charge in [0, 0.05) is 15.9 Å². The summed E-state index contributed by atoms with van der Waals surface area (Å²) in [5, 5.41) is 4.74. The zero-order valence-corrected chi connectivity index (χ0v) is 13.2. The van der Waals surface area contributed by atoms with E-state index in [2.05, 4.69) is 21.2 Å². The molecule has 0 aliphatic rings. The second-order valence-electron chi connectivity index (χ2n) is 4.92. The average molecular weight is 360 g/mol. The third-order valence-corrected chi connectivity index (χ3v) is 3.77. The van der Waals surface area contributed by atoms with E-state index in [9.17, 15) is 9.18 Å². The Morgan fingerprint density at radius 2 is 1.91 bits per heavy atom. The topological polar surface area (TPSA) is 33.0 Å².